The number of hydrogen-bond donors (Lipinski definition) is 1. The first-order valence-corrected chi connectivity index (χ1v) is 9.29. The third kappa shape index (κ3) is 6.43. The lowest BCUT2D eigenvalue weighted by Gasteiger charge is -2.11. The molecule has 140 valence electrons. The van der Waals surface area contributed by atoms with E-state index in [1.807, 2.05) is 18.2 Å². The Morgan fingerprint density at radius 2 is 1.58 bits per heavy atom. The largest absolute Gasteiger partial charge is 0.492 e. The van der Waals surface area contributed by atoms with Crippen LogP contribution < -0.4 is 9.47 Å². The van der Waals surface area contributed by atoms with Gasteiger partial charge < -0.3 is 14.6 Å². The molecule has 0 unspecified atom stereocenters. The molecule has 4 nitrogen and oxygen atoms in total. The van der Waals surface area contributed by atoms with Gasteiger partial charge in [-0.15, -0.1) is 0 Å². The van der Waals surface area contributed by atoms with Crippen LogP contribution in [0.15, 0.2) is 36.4 Å². The zero-order chi connectivity index (χ0) is 18.9. The van der Waals surface area contributed by atoms with E-state index >= 15 is 0 Å². The van der Waals surface area contributed by atoms with E-state index in [2.05, 4.69) is 6.92 Å². The minimum atomic E-state index is -0.902. The molecule has 0 bridgehead atoms. The van der Waals surface area contributed by atoms with Crippen molar-refractivity contribution in [3.05, 3.63) is 57.6 Å². The quantitative estimate of drug-likeness (QED) is 0.517. The van der Waals surface area contributed by atoms with Crippen LogP contribution in [0.1, 0.15) is 37.3 Å². The van der Waals surface area contributed by atoms with Gasteiger partial charge in [-0.1, -0.05) is 55.1 Å². The molecule has 0 aliphatic carbocycles. The van der Waals surface area contributed by atoms with Crippen molar-refractivity contribution < 1.29 is 19.4 Å². The van der Waals surface area contributed by atoms with E-state index in [1.165, 1.54) is 0 Å². The van der Waals surface area contributed by atoms with Gasteiger partial charge in [-0.2, -0.15) is 0 Å². The van der Waals surface area contributed by atoms with E-state index < -0.39 is 5.97 Å². The molecule has 0 saturated heterocycles. The average molecular weight is 397 g/mol. The minimum absolute atomic E-state index is 0.0741. The number of aliphatic carboxylic acids is 1. The van der Waals surface area contributed by atoms with Crippen LogP contribution in [0.5, 0.6) is 11.5 Å². The van der Waals surface area contributed by atoms with Gasteiger partial charge in [0.05, 0.1) is 23.1 Å². The van der Waals surface area contributed by atoms with Crippen molar-refractivity contribution in [1.82, 2.24) is 0 Å². The molecular formula is C20H22Cl2O4. The maximum Gasteiger partial charge on any atom is 0.307 e. The number of unbranched alkanes of at least 4 members (excludes halogenated alkanes) is 2. The van der Waals surface area contributed by atoms with Crippen molar-refractivity contribution in [1.29, 1.82) is 0 Å². The molecule has 0 radical (unpaired) electrons. The first-order valence-electron chi connectivity index (χ1n) is 8.54. The molecule has 0 fully saturated rings. The lowest BCUT2D eigenvalue weighted by Crippen LogP contribution is -2.01. The molecule has 0 saturated carbocycles. The minimum Gasteiger partial charge on any atom is -0.492 e. The molecule has 0 heterocycles. The standard InChI is InChI=1S/C20H22Cl2O4/c1-2-3-4-9-25-18-8-6-15(11-17(18)22)13-26-19-7-5-14(10-16(19)21)12-20(23)24/h5-8,10-11H,2-4,9,12-13H2,1H3,(H,23,24). The molecule has 0 aromatic heterocycles. The van der Waals surface area contributed by atoms with Crippen molar-refractivity contribution in [2.24, 2.45) is 0 Å². The SMILES string of the molecule is CCCCCOc1ccc(COc2ccc(CC(=O)O)cc2Cl)cc1Cl. The number of hydrogen-bond acceptors (Lipinski definition) is 3. The summed E-state index contributed by atoms with van der Waals surface area (Å²) in [6.45, 7) is 3.10. The van der Waals surface area contributed by atoms with Gasteiger partial charge >= 0.3 is 5.97 Å². The number of rotatable bonds is 10. The van der Waals surface area contributed by atoms with Crippen LogP contribution in [-0.2, 0) is 17.8 Å². The first-order chi connectivity index (χ1) is 12.5. The Hall–Kier alpha value is -1.91. The smallest absolute Gasteiger partial charge is 0.307 e. The zero-order valence-corrected chi connectivity index (χ0v) is 16.1. The highest BCUT2D eigenvalue weighted by atomic mass is 35.5. The molecule has 0 aliphatic rings. The van der Waals surface area contributed by atoms with Gasteiger partial charge in [-0.25, -0.2) is 0 Å². The van der Waals surface area contributed by atoms with Crippen molar-refractivity contribution >= 4 is 29.2 Å². The fourth-order valence-electron chi connectivity index (χ4n) is 2.39. The van der Waals surface area contributed by atoms with E-state index in [0.29, 0.717) is 40.3 Å². The van der Waals surface area contributed by atoms with Crippen LogP contribution in [0, 0.1) is 0 Å². The number of carboxylic acids is 1. The third-order valence-electron chi connectivity index (χ3n) is 3.75. The molecule has 26 heavy (non-hydrogen) atoms. The lowest BCUT2D eigenvalue weighted by atomic mass is 10.1. The normalized spacial score (nSPS) is 10.6. The predicted octanol–water partition coefficient (Wildman–Crippen LogP) is 5.77. The topological polar surface area (TPSA) is 55.8 Å². The molecule has 0 amide bonds. The number of carboxylic acid groups (broad SMARTS) is 1. The highest BCUT2D eigenvalue weighted by Crippen LogP contribution is 2.29. The fraction of sp³-hybridized carbons (Fsp3) is 0.350. The third-order valence-corrected chi connectivity index (χ3v) is 4.34. The van der Waals surface area contributed by atoms with Crippen LogP contribution in [0.3, 0.4) is 0 Å². The highest BCUT2D eigenvalue weighted by molar-refractivity contribution is 6.32. The van der Waals surface area contributed by atoms with Crippen molar-refractivity contribution in [3.63, 3.8) is 0 Å². The Balaban J connectivity index is 1.93. The van der Waals surface area contributed by atoms with Crippen LogP contribution >= 0.6 is 23.2 Å². The van der Waals surface area contributed by atoms with Gasteiger partial charge in [-0.05, 0) is 41.8 Å². The van der Waals surface area contributed by atoms with Crippen LogP contribution in [0.2, 0.25) is 10.0 Å². The summed E-state index contributed by atoms with van der Waals surface area (Å²) in [6, 6.07) is 10.5. The van der Waals surface area contributed by atoms with Crippen molar-refractivity contribution in [3.8, 4) is 11.5 Å². The molecule has 1 N–H and O–H groups in total. The Morgan fingerprint density at radius 1 is 0.962 bits per heavy atom. The molecule has 2 aromatic carbocycles. The lowest BCUT2D eigenvalue weighted by molar-refractivity contribution is -0.136. The molecule has 2 aromatic rings. The van der Waals surface area contributed by atoms with Crippen LogP contribution in [-0.4, -0.2) is 17.7 Å². The first kappa shape index (κ1) is 20.4. The van der Waals surface area contributed by atoms with E-state index in [1.54, 1.807) is 18.2 Å². The van der Waals surface area contributed by atoms with Gasteiger partial charge in [0.1, 0.15) is 18.1 Å². The second-order valence-corrected chi connectivity index (χ2v) is 6.76. The molecule has 0 aliphatic heterocycles. The zero-order valence-electron chi connectivity index (χ0n) is 14.6. The maximum absolute atomic E-state index is 10.7. The molecule has 0 atom stereocenters. The Morgan fingerprint density at radius 3 is 2.19 bits per heavy atom. The highest BCUT2D eigenvalue weighted by Gasteiger charge is 2.08. The molecular weight excluding hydrogens is 375 g/mol. The van der Waals surface area contributed by atoms with E-state index in [4.69, 9.17) is 37.8 Å². The summed E-state index contributed by atoms with van der Waals surface area (Å²) in [5, 5.41) is 9.74. The predicted molar refractivity (Wildman–Crippen MR) is 104 cm³/mol. The van der Waals surface area contributed by atoms with E-state index in [0.717, 1.165) is 24.8 Å². The summed E-state index contributed by atoms with van der Waals surface area (Å²) in [5.41, 5.74) is 1.52. The Kier molecular flexibility index (Phi) is 8.07. The summed E-state index contributed by atoms with van der Waals surface area (Å²) >= 11 is 12.4. The summed E-state index contributed by atoms with van der Waals surface area (Å²) in [5.74, 6) is 0.265. The van der Waals surface area contributed by atoms with Crippen LogP contribution in [0.25, 0.3) is 0 Å². The van der Waals surface area contributed by atoms with Gasteiger partial charge in [-0.3, -0.25) is 4.79 Å². The van der Waals surface area contributed by atoms with Crippen LogP contribution in [0.4, 0.5) is 0 Å². The summed E-state index contributed by atoms with van der Waals surface area (Å²) in [4.78, 5) is 10.7. The molecule has 2 rings (SSSR count). The maximum atomic E-state index is 10.7. The second-order valence-electron chi connectivity index (χ2n) is 5.94. The van der Waals surface area contributed by atoms with E-state index in [9.17, 15) is 4.79 Å². The monoisotopic (exact) mass is 396 g/mol. The Labute approximate surface area is 163 Å². The number of benzene rings is 2. The van der Waals surface area contributed by atoms with E-state index in [-0.39, 0.29) is 6.42 Å². The summed E-state index contributed by atoms with van der Waals surface area (Å²) in [6.07, 6.45) is 3.21. The van der Waals surface area contributed by atoms with Crippen molar-refractivity contribution in [2.45, 2.75) is 39.2 Å². The number of carbonyl (C=O) groups is 1. The summed E-state index contributed by atoms with van der Waals surface area (Å²) in [7, 11) is 0. The number of halogens is 2. The summed E-state index contributed by atoms with van der Waals surface area (Å²) < 4.78 is 11.4. The van der Waals surface area contributed by atoms with Crippen molar-refractivity contribution in [2.75, 3.05) is 6.61 Å². The van der Waals surface area contributed by atoms with Gasteiger partial charge in [0.15, 0.2) is 0 Å². The van der Waals surface area contributed by atoms with Gasteiger partial charge in [0.2, 0.25) is 0 Å². The molecule has 0 spiro atoms. The molecule has 6 heteroatoms. The average Bonchev–Trinajstić information content (AvgIpc) is 2.59. The second kappa shape index (κ2) is 10.3. The number of ether oxygens (including phenoxy) is 2. The van der Waals surface area contributed by atoms with Gasteiger partial charge in [0.25, 0.3) is 0 Å². The van der Waals surface area contributed by atoms with Gasteiger partial charge in [0, 0.05) is 0 Å². The Bertz CT molecular complexity index is 747. The fourth-order valence-corrected chi connectivity index (χ4v) is 2.91.